The summed E-state index contributed by atoms with van der Waals surface area (Å²) >= 11 is 1.29. The van der Waals surface area contributed by atoms with Crippen LogP contribution in [0.3, 0.4) is 0 Å². The minimum Gasteiger partial charge on any atom is -0.494 e. The third kappa shape index (κ3) is 3.33. The number of anilines is 1. The van der Waals surface area contributed by atoms with Crippen LogP contribution in [0.5, 0.6) is 5.75 Å². The van der Waals surface area contributed by atoms with E-state index >= 15 is 0 Å². The van der Waals surface area contributed by atoms with Gasteiger partial charge >= 0.3 is 0 Å². The fourth-order valence-electron chi connectivity index (χ4n) is 1.59. The van der Waals surface area contributed by atoms with Gasteiger partial charge in [-0.15, -0.1) is 11.3 Å². The number of hydrogen-bond acceptors (Lipinski definition) is 7. The Balaban J connectivity index is 2.22. The molecule has 1 aromatic heterocycles. The first-order valence-corrected chi connectivity index (χ1v) is 6.71. The molecule has 0 aliphatic rings. The van der Waals surface area contributed by atoms with E-state index in [9.17, 15) is 14.9 Å². The molecule has 3 N–H and O–H groups in total. The summed E-state index contributed by atoms with van der Waals surface area (Å²) in [5, 5.41) is 15.5. The van der Waals surface area contributed by atoms with Crippen LogP contribution in [0.15, 0.2) is 23.6 Å². The number of hydrogen-bond donors (Lipinski definition) is 2. The van der Waals surface area contributed by atoms with Crippen molar-refractivity contribution < 1.29 is 14.5 Å². The number of nitro groups is 1. The van der Waals surface area contributed by atoms with Crippen molar-refractivity contribution in [2.24, 2.45) is 5.73 Å². The van der Waals surface area contributed by atoms with Gasteiger partial charge in [0.2, 0.25) is 0 Å². The van der Waals surface area contributed by atoms with Crippen molar-refractivity contribution in [1.29, 1.82) is 0 Å². The van der Waals surface area contributed by atoms with Crippen molar-refractivity contribution >= 4 is 28.6 Å². The Kier molecular flexibility index (Phi) is 4.45. The number of thiazole rings is 1. The molecule has 2 aromatic rings. The van der Waals surface area contributed by atoms with Crippen LogP contribution in [0, 0.1) is 10.1 Å². The lowest BCUT2D eigenvalue weighted by Gasteiger charge is -2.08. The molecule has 0 spiro atoms. The molecule has 0 aliphatic heterocycles. The van der Waals surface area contributed by atoms with Gasteiger partial charge in [-0.3, -0.25) is 14.9 Å². The molecule has 1 heterocycles. The number of nitrogens with two attached hydrogens (primary N) is 1. The van der Waals surface area contributed by atoms with Gasteiger partial charge in [-0.25, -0.2) is 4.98 Å². The fourth-order valence-corrected chi connectivity index (χ4v) is 2.25. The van der Waals surface area contributed by atoms with E-state index in [1.54, 1.807) is 5.38 Å². The summed E-state index contributed by atoms with van der Waals surface area (Å²) < 4.78 is 5.04. The number of rotatable bonds is 5. The number of non-ortho nitro benzene ring substituents is 1. The van der Waals surface area contributed by atoms with Crippen LogP contribution in [0.1, 0.15) is 15.5 Å². The Morgan fingerprint density at radius 1 is 1.57 bits per heavy atom. The first-order chi connectivity index (χ1) is 10.0. The van der Waals surface area contributed by atoms with E-state index < -0.39 is 10.8 Å². The molecule has 0 atom stereocenters. The second kappa shape index (κ2) is 6.29. The van der Waals surface area contributed by atoms with Crippen molar-refractivity contribution in [3.63, 3.8) is 0 Å². The summed E-state index contributed by atoms with van der Waals surface area (Å²) in [5.74, 6) is -0.232. The maximum Gasteiger partial charge on any atom is 0.275 e. The summed E-state index contributed by atoms with van der Waals surface area (Å²) in [5.41, 5.74) is 5.88. The average molecular weight is 308 g/mol. The standard InChI is InChI=1S/C12H12N4O4S/c1-20-10-4-7(16(18)19)2-3-8(10)15-12(17)9-6-21-11(5-13)14-9/h2-4,6H,5,13H2,1H3,(H,15,17). The van der Waals surface area contributed by atoms with Crippen LogP contribution in [0.25, 0.3) is 0 Å². The Hall–Kier alpha value is -2.52. The molecule has 2 rings (SSSR count). The zero-order chi connectivity index (χ0) is 15.4. The number of aromatic nitrogens is 1. The van der Waals surface area contributed by atoms with E-state index in [0.29, 0.717) is 10.7 Å². The number of amides is 1. The number of ether oxygens (including phenoxy) is 1. The molecule has 1 amide bonds. The lowest BCUT2D eigenvalue weighted by Crippen LogP contribution is -2.13. The predicted molar refractivity (Wildman–Crippen MR) is 77.6 cm³/mol. The highest BCUT2D eigenvalue weighted by Gasteiger charge is 2.16. The Labute approximate surface area is 123 Å². The lowest BCUT2D eigenvalue weighted by atomic mass is 10.2. The van der Waals surface area contributed by atoms with E-state index in [-0.39, 0.29) is 23.7 Å². The highest BCUT2D eigenvalue weighted by molar-refractivity contribution is 7.09. The number of nitrogens with one attached hydrogen (secondary N) is 1. The van der Waals surface area contributed by atoms with Gasteiger partial charge in [-0.2, -0.15) is 0 Å². The summed E-state index contributed by atoms with van der Waals surface area (Å²) in [7, 11) is 1.37. The van der Waals surface area contributed by atoms with Gasteiger partial charge in [0, 0.05) is 18.0 Å². The van der Waals surface area contributed by atoms with Gasteiger partial charge in [0.25, 0.3) is 11.6 Å². The molecule has 0 saturated heterocycles. The van der Waals surface area contributed by atoms with E-state index in [2.05, 4.69) is 10.3 Å². The van der Waals surface area contributed by atoms with Crippen molar-refractivity contribution in [1.82, 2.24) is 4.98 Å². The Morgan fingerprint density at radius 2 is 2.33 bits per heavy atom. The summed E-state index contributed by atoms with van der Waals surface area (Å²) in [6.45, 7) is 0.263. The molecular formula is C12H12N4O4S. The molecule has 0 saturated carbocycles. The number of methoxy groups -OCH3 is 1. The topological polar surface area (TPSA) is 120 Å². The van der Waals surface area contributed by atoms with Crippen LogP contribution in [-0.4, -0.2) is 22.9 Å². The molecular weight excluding hydrogens is 296 g/mol. The molecule has 9 heteroatoms. The molecule has 21 heavy (non-hydrogen) atoms. The van der Waals surface area contributed by atoms with Gasteiger partial charge < -0.3 is 15.8 Å². The number of carbonyl (C=O) groups excluding carboxylic acids is 1. The normalized spacial score (nSPS) is 10.2. The molecule has 110 valence electrons. The molecule has 1 aromatic carbocycles. The van der Waals surface area contributed by atoms with Gasteiger partial charge in [0.15, 0.2) is 0 Å². The van der Waals surface area contributed by atoms with Gasteiger partial charge in [0.05, 0.1) is 23.8 Å². The molecule has 0 unspecified atom stereocenters. The first kappa shape index (κ1) is 14.9. The minimum atomic E-state index is -0.540. The van der Waals surface area contributed by atoms with E-state index in [0.717, 1.165) is 0 Å². The maximum atomic E-state index is 12.0. The number of nitrogens with zero attached hydrogens (tertiary/aromatic N) is 2. The van der Waals surface area contributed by atoms with Gasteiger partial charge in [0.1, 0.15) is 16.5 Å². The highest BCUT2D eigenvalue weighted by atomic mass is 32.1. The predicted octanol–water partition coefficient (Wildman–Crippen LogP) is 1.77. The molecule has 0 fully saturated rings. The second-order valence-electron chi connectivity index (χ2n) is 3.93. The van der Waals surface area contributed by atoms with Crippen LogP contribution in [0.2, 0.25) is 0 Å². The highest BCUT2D eigenvalue weighted by Crippen LogP contribution is 2.29. The molecule has 0 radical (unpaired) electrons. The number of carbonyl (C=O) groups is 1. The van der Waals surface area contributed by atoms with E-state index in [1.165, 1.54) is 36.6 Å². The average Bonchev–Trinajstić information content (AvgIpc) is 2.96. The van der Waals surface area contributed by atoms with Crippen LogP contribution < -0.4 is 15.8 Å². The third-order valence-electron chi connectivity index (χ3n) is 2.60. The SMILES string of the molecule is COc1cc([N+](=O)[O-])ccc1NC(=O)c1csc(CN)n1. The maximum absolute atomic E-state index is 12.0. The monoisotopic (exact) mass is 308 g/mol. The number of benzene rings is 1. The summed E-state index contributed by atoms with van der Waals surface area (Å²) in [6, 6.07) is 3.93. The van der Waals surface area contributed by atoms with Crippen molar-refractivity contribution in [3.05, 3.63) is 44.4 Å². The zero-order valence-corrected chi connectivity index (χ0v) is 11.8. The lowest BCUT2D eigenvalue weighted by molar-refractivity contribution is -0.384. The quantitative estimate of drug-likeness (QED) is 0.641. The van der Waals surface area contributed by atoms with Crippen molar-refractivity contribution in [2.75, 3.05) is 12.4 Å². The summed E-state index contributed by atoms with van der Waals surface area (Å²) in [4.78, 5) is 26.3. The van der Waals surface area contributed by atoms with Crippen LogP contribution >= 0.6 is 11.3 Å². The van der Waals surface area contributed by atoms with E-state index in [1.807, 2.05) is 0 Å². The first-order valence-electron chi connectivity index (χ1n) is 5.83. The van der Waals surface area contributed by atoms with Gasteiger partial charge in [-0.05, 0) is 6.07 Å². The Morgan fingerprint density at radius 3 is 2.90 bits per heavy atom. The van der Waals surface area contributed by atoms with Crippen LogP contribution in [0.4, 0.5) is 11.4 Å². The van der Waals surface area contributed by atoms with Crippen LogP contribution in [-0.2, 0) is 6.54 Å². The summed E-state index contributed by atoms with van der Waals surface area (Å²) in [6.07, 6.45) is 0. The smallest absolute Gasteiger partial charge is 0.275 e. The Bertz CT molecular complexity index is 686. The number of nitro benzene ring substituents is 1. The van der Waals surface area contributed by atoms with Gasteiger partial charge in [-0.1, -0.05) is 0 Å². The third-order valence-corrected chi connectivity index (χ3v) is 3.47. The van der Waals surface area contributed by atoms with E-state index in [4.69, 9.17) is 10.5 Å². The minimum absolute atomic E-state index is 0.121. The molecule has 8 nitrogen and oxygen atoms in total. The zero-order valence-electron chi connectivity index (χ0n) is 11.0. The van der Waals surface area contributed by atoms with Crippen molar-refractivity contribution in [2.45, 2.75) is 6.54 Å². The fraction of sp³-hybridized carbons (Fsp3) is 0.167. The largest absolute Gasteiger partial charge is 0.494 e. The molecule has 0 bridgehead atoms. The molecule has 0 aliphatic carbocycles. The second-order valence-corrected chi connectivity index (χ2v) is 4.87. The van der Waals surface area contributed by atoms with Crippen molar-refractivity contribution in [3.8, 4) is 5.75 Å².